The number of fused-ring (bicyclic) bond motifs is 1. The lowest BCUT2D eigenvalue weighted by molar-refractivity contribution is 0.0686. The number of carboxylic acid groups (broad SMARTS) is 2. The molecule has 0 saturated heterocycles. The first-order valence-electron chi connectivity index (χ1n) is 4.59. The first-order valence-corrected chi connectivity index (χ1v) is 4.59. The molecule has 18 heavy (non-hydrogen) atoms. The molecular formula is C12H10Cl2O4. The van der Waals surface area contributed by atoms with Crippen molar-refractivity contribution in [2.45, 2.75) is 0 Å². The van der Waals surface area contributed by atoms with E-state index >= 15 is 0 Å². The standard InChI is InChI=1S/C12H8O4.2ClH/c13-11(14)9-5-1-3-7-8(9)4-2-6-10(7)12(15)16;;/h1-6H,(H,13,14)(H,15,16);2*1H. The van der Waals surface area contributed by atoms with Crippen LogP contribution in [0.2, 0.25) is 0 Å². The predicted molar refractivity (Wildman–Crippen MR) is 72.4 cm³/mol. The van der Waals surface area contributed by atoms with Crippen LogP contribution in [0.5, 0.6) is 0 Å². The molecule has 0 radical (unpaired) electrons. The smallest absolute Gasteiger partial charge is 0.336 e. The van der Waals surface area contributed by atoms with Crippen LogP contribution in [-0.2, 0) is 0 Å². The van der Waals surface area contributed by atoms with Crippen molar-refractivity contribution in [1.82, 2.24) is 0 Å². The van der Waals surface area contributed by atoms with Gasteiger partial charge in [-0.2, -0.15) is 0 Å². The Morgan fingerprint density at radius 2 is 1.06 bits per heavy atom. The summed E-state index contributed by atoms with van der Waals surface area (Å²) in [5.74, 6) is -2.12. The maximum atomic E-state index is 10.9. The number of rotatable bonds is 2. The molecule has 0 spiro atoms. The van der Waals surface area contributed by atoms with Gasteiger partial charge in [-0.3, -0.25) is 0 Å². The molecule has 96 valence electrons. The van der Waals surface area contributed by atoms with Gasteiger partial charge in [-0.25, -0.2) is 9.59 Å². The van der Waals surface area contributed by atoms with Gasteiger partial charge in [0.25, 0.3) is 0 Å². The van der Waals surface area contributed by atoms with Crippen LogP contribution in [0.1, 0.15) is 20.7 Å². The summed E-state index contributed by atoms with van der Waals surface area (Å²) in [6.45, 7) is 0. The fourth-order valence-corrected chi connectivity index (χ4v) is 1.68. The molecule has 6 heteroatoms. The Balaban J connectivity index is 0.00000144. The van der Waals surface area contributed by atoms with E-state index in [4.69, 9.17) is 10.2 Å². The van der Waals surface area contributed by atoms with Crippen molar-refractivity contribution in [2.24, 2.45) is 0 Å². The monoisotopic (exact) mass is 288 g/mol. The molecule has 0 bridgehead atoms. The van der Waals surface area contributed by atoms with Gasteiger partial charge in [0.2, 0.25) is 0 Å². The number of halogens is 2. The van der Waals surface area contributed by atoms with Crippen molar-refractivity contribution >= 4 is 47.5 Å². The van der Waals surface area contributed by atoms with Crippen LogP contribution in [0.4, 0.5) is 0 Å². The minimum atomic E-state index is -1.06. The maximum Gasteiger partial charge on any atom is 0.336 e. The van der Waals surface area contributed by atoms with Crippen LogP contribution < -0.4 is 0 Å². The second kappa shape index (κ2) is 6.23. The minimum Gasteiger partial charge on any atom is -0.478 e. The van der Waals surface area contributed by atoms with E-state index in [0.29, 0.717) is 10.8 Å². The molecule has 0 unspecified atom stereocenters. The lowest BCUT2D eigenvalue weighted by Crippen LogP contribution is -2.01. The van der Waals surface area contributed by atoms with E-state index in [0.717, 1.165) is 0 Å². The number of carbonyl (C=O) groups is 2. The van der Waals surface area contributed by atoms with Gasteiger partial charge in [-0.05, 0) is 22.9 Å². The zero-order valence-electron chi connectivity index (χ0n) is 8.99. The third-order valence-electron chi connectivity index (χ3n) is 2.38. The molecule has 0 heterocycles. The highest BCUT2D eigenvalue weighted by molar-refractivity contribution is 6.10. The van der Waals surface area contributed by atoms with E-state index < -0.39 is 11.9 Å². The Morgan fingerprint density at radius 3 is 1.33 bits per heavy atom. The topological polar surface area (TPSA) is 74.6 Å². The normalized spacial score (nSPS) is 9.11. The molecule has 0 aliphatic rings. The Labute approximate surface area is 115 Å². The van der Waals surface area contributed by atoms with Gasteiger partial charge in [-0.1, -0.05) is 24.3 Å². The average Bonchev–Trinajstić information content (AvgIpc) is 2.27. The summed E-state index contributed by atoms with van der Waals surface area (Å²) >= 11 is 0. The van der Waals surface area contributed by atoms with Crippen molar-refractivity contribution in [3.63, 3.8) is 0 Å². The second-order valence-corrected chi connectivity index (χ2v) is 3.32. The maximum absolute atomic E-state index is 10.9. The van der Waals surface area contributed by atoms with Gasteiger partial charge in [0.1, 0.15) is 0 Å². The van der Waals surface area contributed by atoms with Gasteiger partial charge in [0.05, 0.1) is 11.1 Å². The molecule has 0 saturated carbocycles. The highest BCUT2D eigenvalue weighted by Crippen LogP contribution is 2.22. The van der Waals surface area contributed by atoms with Gasteiger partial charge >= 0.3 is 11.9 Å². The molecule has 2 aromatic rings. The van der Waals surface area contributed by atoms with Crippen LogP contribution in [0, 0.1) is 0 Å². The third kappa shape index (κ3) is 2.72. The highest BCUT2D eigenvalue weighted by atomic mass is 35.5. The fourth-order valence-electron chi connectivity index (χ4n) is 1.68. The van der Waals surface area contributed by atoms with Crippen LogP contribution in [0.3, 0.4) is 0 Å². The molecule has 2 aromatic carbocycles. The highest BCUT2D eigenvalue weighted by Gasteiger charge is 2.12. The number of aromatic carboxylic acids is 2. The van der Waals surface area contributed by atoms with E-state index in [2.05, 4.69) is 0 Å². The Morgan fingerprint density at radius 1 is 0.722 bits per heavy atom. The van der Waals surface area contributed by atoms with E-state index in [1.807, 2.05) is 0 Å². The van der Waals surface area contributed by atoms with E-state index in [-0.39, 0.29) is 35.9 Å². The van der Waals surface area contributed by atoms with E-state index in [1.54, 1.807) is 12.1 Å². The number of hydrogen-bond donors (Lipinski definition) is 2. The lowest BCUT2D eigenvalue weighted by atomic mass is 10.0. The largest absolute Gasteiger partial charge is 0.478 e. The molecule has 0 fully saturated rings. The zero-order valence-corrected chi connectivity index (χ0v) is 10.6. The minimum absolute atomic E-state index is 0. The number of hydrogen-bond acceptors (Lipinski definition) is 2. The molecule has 4 nitrogen and oxygen atoms in total. The van der Waals surface area contributed by atoms with E-state index in [9.17, 15) is 9.59 Å². The predicted octanol–water partition coefficient (Wildman–Crippen LogP) is 3.08. The lowest BCUT2D eigenvalue weighted by Gasteiger charge is -2.04. The molecular weight excluding hydrogens is 279 g/mol. The van der Waals surface area contributed by atoms with Crippen molar-refractivity contribution < 1.29 is 19.8 Å². The van der Waals surface area contributed by atoms with Crippen molar-refractivity contribution in [2.75, 3.05) is 0 Å². The quantitative estimate of drug-likeness (QED) is 0.891. The molecule has 2 N–H and O–H groups in total. The summed E-state index contributed by atoms with van der Waals surface area (Å²) in [5, 5.41) is 18.8. The van der Waals surface area contributed by atoms with Crippen LogP contribution in [-0.4, -0.2) is 22.2 Å². The molecule has 0 amide bonds. The number of benzene rings is 2. The van der Waals surface area contributed by atoms with Gasteiger partial charge in [0.15, 0.2) is 0 Å². The van der Waals surface area contributed by atoms with E-state index in [1.165, 1.54) is 24.3 Å². The average molecular weight is 289 g/mol. The zero-order chi connectivity index (χ0) is 11.7. The molecule has 2 rings (SSSR count). The van der Waals surface area contributed by atoms with Crippen molar-refractivity contribution in [1.29, 1.82) is 0 Å². The summed E-state index contributed by atoms with van der Waals surface area (Å²) in [7, 11) is 0. The first-order chi connectivity index (χ1) is 7.61. The van der Waals surface area contributed by atoms with Gasteiger partial charge in [-0.15, -0.1) is 24.8 Å². The molecule has 0 aromatic heterocycles. The first kappa shape index (κ1) is 16.2. The summed E-state index contributed by atoms with van der Waals surface area (Å²) in [5.41, 5.74) is 0.223. The summed E-state index contributed by atoms with van der Waals surface area (Å²) in [6, 6.07) is 9.19. The molecule has 0 aliphatic carbocycles. The summed E-state index contributed by atoms with van der Waals surface area (Å²) in [4.78, 5) is 21.9. The van der Waals surface area contributed by atoms with Crippen LogP contribution >= 0.6 is 24.8 Å². The molecule has 0 atom stereocenters. The SMILES string of the molecule is Cl.Cl.O=C(O)c1cccc2c(C(=O)O)cccc12. The van der Waals surface area contributed by atoms with Gasteiger partial charge in [0, 0.05) is 0 Å². The van der Waals surface area contributed by atoms with Crippen molar-refractivity contribution in [3.05, 3.63) is 47.5 Å². The summed E-state index contributed by atoms with van der Waals surface area (Å²) in [6.07, 6.45) is 0. The van der Waals surface area contributed by atoms with Gasteiger partial charge < -0.3 is 10.2 Å². The third-order valence-corrected chi connectivity index (χ3v) is 2.38. The number of carboxylic acids is 2. The Kier molecular flexibility index (Phi) is 5.62. The Hall–Kier alpha value is -1.78. The second-order valence-electron chi connectivity index (χ2n) is 3.32. The summed E-state index contributed by atoms with van der Waals surface area (Å²) < 4.78 is 0. The molecule has 0 aliphatic heterocycles. The van der Waals surface area contributed by atoms with Crippen molar-refractivity contribution in [3.8, 4) is 0 Å². The van der Waals surface area contributed by atoms with Crippen LogP contribution in [0.25, 0.3) is 10.8 Å². The fraction of sp³-hybridized carbons (Fsp3) is 0. The Bertz CT molecular complexity index is 542. The van der Waals surface area contributed by atoms with Crippen LogP contribution in [0.15, 0.2) is 36.4 Å².